The number of nitrogens with zero attached hydrogens (tertiary/aromatic N) is 7. The summed E-state index contributed by atoms with van der Waals surface area (Å²) in [5.41, 5.74) is 2.90. The molecule has 3 aliphatic rings. The molecule has 0 aromatic carbocycles. The van der Waals surface area contributed by atoms with E-state index in [4.69, 9.17) is 9.47 Å². The van der Waals surface area contributed by atoms with Gasteiger partial charge in [-0.1, -0.05) is 12.7 Å². The molecule has 3 atom stereocenters. The minimum absolute atomic E-state index is 0.0607. The average Bonchev–Trinajstić information content (AvgIpc) is 3.41. The molecule has 6 heterocycles. The fourth-order valence-corrected chi connectivity index (χ4v) is 5.32. The standard InChI is InChI=1S/C29H30F3N7O3/c1-18(4-7-27(34-2)41-3)13-38-21-8-22(38)15-37(14-21)26-6-5-19(11-35-26)24-9-23(42-17-25(40)29(30,31)32)16-39-28(24)20(10-33)12-36-39/h4-7,9,11-12,16,21-22,25,40H,1,8,13-15,17H2,2-3H3/b7-4-,34-27+/t21?,22?,25-/m0/s1. The van der Waals surface area contributed by atoms with Crippen LogP contribution in [0, 0.1) is 11.3 Å². The summed E-state index contributed by atoms with van der Waals surface area (Å²) >= 11 is 0. The number of piperidine rings is 1. The summed E-state index contributed by atoms with van der Waals surface area (Å²) in [6.45, 7) is 5.58. The second-order valence-electron chi connectivity index (χ2n) is 10.2. The summed E-state index contributed by atoms with van der Waals surface area (Å²) in [4.78, 5) is 13.4. The zero-order chi connectivity index (χ0) is 30.0. The number of aliphatic hydroxyl groups is 1. The van der Waals surface area contributed by atoms with Gasteiger partial charge in [-0.15, -0.1) is 0 Å². The fourth-order valence-electron chi connectivity index (χ4n) is 5.32. The lowest BCUT2D eigenvalue weighted by atomic mass is 9.86. The molecule has 0 aliphatic carbocycles. The van der Waals surface area contributed by atoms with Crippen molar-refractivity contribution < 1.29 is 27.8 Å². The highest BCUT2D eigenvalue weighted by Crippen LogP contribution is 2.36. The number of piperazine rings is 1. The van der Waals surface area contributed by atoms with Crippen molar-refractivity contribution in [3.8, 4) is 22.9 Å². The molecule has 3 aliphatic heterocycles. The maximum absolute atomic E-state index is 12.8. The molecule has 2 unspecified atom stereocenters. The van der Waals surface area contributed by atoms with Crippen molar-refractivity contribution in [3.63, 3.8) is 0 Å². The normalized spacial score (nSPS) is 19.9. The monoisotopic (exact) mass is 581 g/mol. The van der Waals surface area contributed by atoms with Crippen molar-refractivity contribution in [1.29, 1.82) is 5.26 Å². The van der Waals surface area contributed by atoms with Crippen LogP contribution >= 0.6 is 0 Å². The van der Waals surface area contributed by atoms with Crippen LogP contribution in [0.15, 0.2) is 66.1 Å². The zero-order valence-electron chi connectivity index (χ0n) is 23.1. The van der Waals surface area contributed by atoms with Gasteiger partial charge in [0, 0.05) is 62.2 Å². The van der Waals surface area contributed by atoms with Gasteiger partial charge in [-0.25, -0.2) is 9.50 Å². The van der Waals surface area contributed by atoms with Gasteiger partial charge < -0.3 is 19.5 Å². The third-order valence-corrected chi connectivity index (χ3v) is 7.50. The summed E-state index contributed by atoms with van der Waals surface area (Å²) in [5, 5.41) is 23.1. The first-order valence-electron chi connectivity index (χ1n) is 13.2. The summed E-state index contributed by atoms with van der Waals surface area (Å²) in [5.74, 6) is 1.41. The van der Waals surface area contributed by atoms with E-state index in [1.165, 1.54) is 23.0 Å². The maximum Gasteiger partial charge on any atom is 0.417 e. The summed E-state index contributed by atoms with van der Waals surface area (Å²) in [6.07, 6.45) is 1.81. The summed E-state index contributed by atoms with van der Waals surface area (Å²) in [6, 6.07) is 8.11. The number of pyridine rings is 2. The Morgan fingerprint density at radius 1 is 1.29 bits per heavy atom. The number of aliphatic imine (C=N–C) groups is 1. The fraction of sp³-hybridized carbons (Fsp3) is 0.379. The first kappa shape index (κ1) is 29.1. The van der Waals surface area contributed by atoms with Gasteiger partial charge in [-0.2, -0.15) is 23.5 Å². The van der Waals surface area contributed by atoms with Crippen LogP contribution in [0.5, 0.6) is 5.75 Å². The van der Waals surface area contributed by atoms with Gasteiger partial charge in [0.2, 0.25) is 5.90 Å². The lowest BCUT2D eigenvalue weighted by Gasteiger charge is -2.56. The van der Waals surface area contributed by atoms with Crippen LogP contribution in [0.1, 0.15) is 12.0 Å². The van der Waals surface area contributed by atoms with Gasteiger partial charge in [0.1, 0.15) is 24.2 Å². The molecule has 1 N–H and O–H groups in total. The van der Waals surface area contributed by atoms with E-state index < -0.39 is 18.9 Å². The predicted octanol–water partition coefficient (Wildman–Crippen LogP) is 3.62. The van der Waals surface area contributed by atoms with Crippen molar-refractivity contribution >= 4 is 17.2 Å². The average molecular weight is 582 g/mol. The molecule has 2 bridgehead atoms. The molecule has 3 saturated heterocycles. The molecule has 42 heavy (non-hydrogen) atoms. The smallest absolute Gasteiger partial charge is 0.417 e. The Hall–Kier alpha value is -4.41. The third-order valence-electron chi connectivity index (χ3n) is 7.50. The van der Waals surface area contributed by atoms with Crippen molar-refractivity contribution in [2.75, 3.05) is 45.3 Å². The van der Waals surface area contributed by atoms with Gasteiger partial charge in [0.15, 0.2) is 6.10 Å². The van der Waals surface area contributed by atoms with E-state index in [9.17, 15) is 23.5 Å². The van der Waals surface area contributed by atoms with Crippen LogP contribution < -0.4 is 9.64 Å². The van der Waals surface area contributed by atoms with Gasteiger partial charge in [0.25, 0.3) is 0 Å². The molecule has 3 aromatic heterocycles. The Morgan fingerprint density at radius 2 is 2.05 bits per heavy atom. The number of alkyl halides is 3. The molecule has 10 nitrogen and oxygen atoms in total. The zero-order valence-corrected chi connectivity index (χ0v) is 23.1. The highest BCUT2D eigenvalue weighted by atomic mass is 19.4. The first-order chi connectivity index (χ1) is 20.1. The number of anilines is 1. The van der Waals surface area contributed by atoms with E-state index in [1.54, 1.807) is 26.4 Å². The van der Waals surface area contributed by atoms with Crippen LogP contribution in [0.25, 0.3) is 16.6 Å². The number of aromatic nitrogens is 3. The number of nitriles is 1. The molecule has 0 spiro atoms. The molecule has 13 heteroatoms. The Morgan fingerprint density at radius 3 is 2.67 bits per heavy atom. The SMILES string of the molecule is C=C(/C=C\C(=N/C)OC)CN1C2CC1CN(c1ccc(-c3cc(OC[C@H](O)C(F)(F)F)cn4ncc(C#N)c34)cn1)C2. The summed E-state index contributed by atoms with van der Waals surface area (Å²) < 4.78 is 50.1. The van der Waals surface area contributed by atoms with Gasteiger partial charge in [0.05, 0.1) is 30.6 Å². The minimum Gasteiger partial charge on any atom is -0.489 e. The second-order valence-corrected chi connectivity index (χ2v) is 10.2. The minimum atomic E-state index is -4.80. The van der Waals surface area contributed by atoms with Gasteiger partial charge >= 0.3 is 6.18 Å². The first-order valence-corrected chi connectivity index (χ1v) is 13.2. The number of methoxy groups -OCH3 is 1. The van der Waals surface area contributed by atoms with E-state index in [1.807, 2.05) is 18.2 Å². The number of hydrogen-bond donors (Lipinski definition) is 1. The highest BCUT2D eigenvalue weighted by molar-refractivity contribution is 5.88. The highest BCUT2D eigenvalue weighted by Gasteiger charge is 2.44. The molecule has 0 radical (unpaired) electrons. The number of rotatable bonds is 9. The molecule has 3 fully saturated rings. The van der Waals surface area contributed by atoms with Crippen LogP contribution in [0.3, 0.4) is 0 Å². The number of halogens is 3. The Labute approximate surface area is 240 Å². The number of aliphatic hydroxyl groups excluding tert-OH is 1. The molecule has 3 aromatic rings. The van der Waals surface area contributed by atoms with Crippen molar-refractivity contribution in [2.24, 2.45) is 4.99 Å². The Kier molecular flexibility index (Phi) is 8.20. The molecule has 220 valence electrons. The largest absolute Gasteiger partial charge is 0.489 e. The van der Waals surface area contributed by atoms with Crippen LogP contribution in [-0.2, 0) is 4.74 Å². The number of hydrogen-bond acceptors (Lipinski definition) is 9. The van der Waals surface area contributed by atoms with Crippen molar-refractivity contribution in [3.05, 3.63) is 66.7 Å². The second kappa shape index (κ2) is 11.8. The predicted molar refractivity (Wildman–Crippen MR) is 150 cm³/mol. The lowest BCUT2D eigenvalue weighted by Crippen LogP contribution is -2.69. The van der Waals surface area contributed by atoms with Crippen molar-refractivity contribution in [2.45, 2.75) is 30.8 Å². The summed E-state index contributed by atoms with van der Waals surface area (Å²) in [7, 11) is 3.25. The van der Waals surface area contributed by atoms with E-state index in [-0.39, 0.29) is 5.75 Å². The van der Waals surface area contributed by atoms with Crippen LogP contribution in [0.2, 0.25) is 0 Å². The van der Waals surface area contributed by atoms with Crippen LogP contribution in [0.4, 0.5) is 19.0 Å². The Balaban J connectivity index is 1.29. The maximum atomic E-state index is 12.8. The number of fused-ring (bicyclic) bond motifs is 3. The Bertz CT molecular complexity index is 1550. The van der Waals surface area contributed by atoms with Gasteiger partial charge in [-0.05, 0) is 30.2 Å². The van der Waals surface area contributed by atoms with Crippen molar-refractivity contribution in [1.82, 2.24) is 19.5 Å². The van der Waals surface area contributed by atoms with E-state index >= 15 is 0 Å². The third kappa shape index (κ3) is 5.95. The topological polar surface area (TPSA) is 112 Å². The molecule has 6 rings (SSSR count). The van der Waals surface area contributed by atoms with E-state index in [0.29, 0.717) is 40.2 Å². The quantitative estimate of drug-likeness (QED) is 0.232. The van der Waals surface area contributed by atoms with Crippen LogP contribution in [-0.4, -0.2) is 95.3 Å². The van der Waals surface area contributed by atoms with E-state index in [0.717, 1.165) is 37.4 Å². The molecular formula is C29H30F3N7O3. The molecule has 0 saturated carbocycles. The molecular weight excluding hydrogens is 551 g/mol. The molecule has 0 amide bonds. The lowest BCUT2D eigenvalue weighted by molar-refractivity contribution is -0.210. The van der Waals surface area contributed by atoms with Gasteiger partial charge in [-0.3, -0.25) is 9.89 Å². The number of ether oxygens (including phenoxy) is 2. The van der Waals surface area contributed by atoms with E-state index in [2.05, 4.69) is 37.5 Å².